The molecule has 3 N–H and O–H groups in total. The van der Waals surface area contributed by atoms with Gasteiger partial charge in [0.25, 0.3) is 0 Å². The van der Waals surface area contributed by atoms with Crippen molar-refractivity contribution in [1.29, 1.82) is 0 Å². The number of hydrogen-bond acceptors (Lipinski definition) is 7. The fraction of sp³-hybridized carbons (Fsp3) is 0.190. The predicted molar refractivity (Wildman–Crippen MR) is 121 cm³/mol. The Morgan fingerprint density at radius 1 is 1.23 bits per heavy atom. The van der Waals surface area contributed by atoms with Crippen LogP contribution in [0.5, 0.6) is 0 Å². The summed E-state index contributed by atoms with van der Waals surface area (Å²) in [6.45, 7) is -8.27. The lowest BCUT2D eigenvalue weighted by Crippen LogP contribution is -2.14. The molecule has 0 aliphatic carbocycles. The average Bonchev–Trinajstić information content (AvgIpc) is 3.15. The minimum Gasteiger partial charge on any atom is -0.329 e. The molecule has 0 fully saturated rings. The molecule has 160 valence electrons. The van der Waals surface area contributed by atoms with Gasteiger partial charge in [-0.2, -0.15) is 10.1 Å². The number of rotatable bonds is 5. The molecule has 2 aromatic carbocycles. The third-order valence-corrected chi connectivity index (χ3v) is 5.32. The first-order chi connectivity index (χ1) is 19.1. The Morgan fingerprint density at radius 3 is 2.84 bits per heavy atom. The maximum Gasteiger partial charge on any atom is 0.238 e. The zero-order valence-electron chi connectivity index (χ0n) is 27.0. The Kier molecular flexibility index (Phi) is 2.76. The number of fused-ring (bicyclic) bond motifs is 1. The highest BCUT2D eigenvalue weighted by Crippen LogP contribution is 2.28. The first-order valence-corrected chi connectivity index (χ1v) is 10.2. The van der Waals surface area contributed by atoms with Gasteiger partial charge in [-0.1, -0.05) is 6.07 Å². The maximum absolute atomic E-state index is 12.1. The van der Waals surface area contributed by atoms with Crippen molar-refractivity contribution in [1.82, 2.24) is 19.7 Å². The first kappa shape index (κ1) is 11.2. The van der Waals surface area contributed by atoms with Crippen LogP contribution in [0.1, 0.15) is 26.3 Å². The zero-order chi connectivity index (χ0) is 31.6. The van der Waals surface area contributed by atoms with Gasteiger partial charge >= 0.3 is 0 Å². The molecule has 0 aliphatic rings. The van der Waals surface area contributed by atoms with E-state index in [4.69, 9.17) is 20.2 Å². The fourth-order valence-corrected chi connectivity index (χ4v) is 3.53. The zero-order valence-corrected chi connectivity index (χ0v) is 16.8. The molecule has 4 aromatic rings. The number of nitrogens with one attached hydrogen (secondary N) is 1. The molecule has 10 heteroatoms. The molecule has 0 radical (unpaired) electrons. The monoisotopic (exact) mass is 448 g/mol. The van der Waals surface area contributed by atoms with Gasteiger partial charge < -0.3 is 10.2 Å². The smallest absolute Gasteiger partial charge is 0.238 e. The van der Waals surface area contributed by atoms with Gasteiger partial charge in [0.15, 0.2) is 0 Å². The van der Waals surface area contributed by atoms with Crippen molar-refractivity contribution < 1.29 is 23.5 Å². The van der Waals surface area contributed by atoms with Crippen LogP contribution in [0, 0.1) is 13.7 Å². The average molecular weight is 449 g/mol. The number of sulfonamides is 1. The lowest BCUT2D eigenvalue weighted by atomic mass is 10.2. The van der Waals surface area contributed by atoms with Gasteiger partial charge in [0.2, 0.25) is 16.0 Å². The van der Waals surface area contributed by atoms with E-state index in [0.717, 1.165) is 12.1 Å². The number of hydrogen-bond donors (Lipinski definition) is 2. The number of aryl methyl sites for hydroxylation is 3. The molecular weight excluding hydrogens is 414 g/mol. The summed E-state index contributed by atoms with van der Waals surface area (Å²) in [5.74, 6) is -0.944. The van der Waals surface area contributed by atoms with Crippen LogP contribution in [0.2, 0.25) is 0 Å². The summed E-state index contributed by atoms with van der Waals surface area (Å²) in [6.07, 6.45) is -0.689. The summed E-state index contributed by atoms with van der Waals surface area (Å²) < 4.78 is 112. The van der Waals surface area contributed by atoms with E-state index in [2.05, 4.69) is 20.4 Å². The van der Waals surface area contributed by atoms with Crippen LogP contribution in [0.3, 0.4) is 0 Å². The van der Waals surface area contributed by atoms with E-state index in [1.165, 1.54) is 36.0 Å². The summed E-state index contributed by atoms with van der Waals surface area (Å²) in [6, 6.07) is 6.49. The summed E-state index contributed by atoms with van der Waals surface area (Å²) in [5.41, 5.74) is -0.530. The Labute approximate surface area is 196 Å². The maximum atomic E-state index is 12.1. The third kappa shape index (κ3) is 4.07. The first-order valence-electron chi connectivity index (χ1n) is 14.2. The van der Waals surface area contributed by atoms with Gasteiger partial charge in [-0.25, -0.2) is 18.5 Å². The second-order valence-corrected chi connectivity index (χ2v) is 8.03. The number of nitrogens with two attached hydrogens (primary N) is 1. The van der Waals surface area contributed by atoms with Gasteiger partial charge in [0.05, 0.1) is 13.2 Å². The Bertz CT molecular complexity index is 1800. The Balaban J connectivity index is 1.84. The van der Waals surface area contributed by atoms with E-state index in [1.54, 1.807) is 0 Å². The molecule has 31 heavy (non-hydrogen) atoms. The van der Waals surface area contributed by atoms with Crippen LogP contribution in [0.25, 0.3) is 10.9 Å². The van der Waals surface area contributed by atoms with Gasteiger partial charge in [-0.05, 0) is 55.6 Å². The number of primary sulfonamides is 1. The highest BCUT2D eigenvalue weighted by atomic mass is 32.2. The topological polar surface area (TPSA) is 119 Å². The Morgan fingerprint density at radius 2 is 2.10 bits per heavy atom. The van der Waals surface area contributed by atoms with E-state index < -0.39 is 65.1 Å². The van der Waals surface area contributed by atoms with Gasteiger partial charge in [-0.15, -0.1) is 0 Å². The highest BCUT2D eigenvalue weighted by molar-refractivity contribution is 7.89. The van der Waals surface area contributed by atoms with E-state index in [9.17, 15) is 8.42 Å². The minimum absolute atomic E-state index is 0.0474. The molecule has 0 spiro atoms. The van der Waals surface area contributed by atoms with Crippen molar-refractivity contribution >= 4 is 44.1 Å². The van der Waals surface area contributed by atoms with Crippen molar-refractivity contribution in [2.75, 3.05) is 17.2 Å². The van der Waals surface area contributed by atoms with Crippen molar-refractivity contribution in [2.45, 2.75) is 18.6 Å². The van der Waals surface area contributed by atoms with Crippen LogP contribution in [-0.4, -0.2) is 35.1 Å². The number of nitrogens with zero attached hydrogens (tertiary/aromatic N) is 5. The van der Waals surface area contributed by atoms with E-state index in [1.807, 2.05) is 0 Å². The van der Waals surface area contributed by atoms with Crippen molar-refractivity contribution in [2.24, 2.45) is 12.2 Å². The molecule has 0 unspecified atom stereocenters. The molecule has 0 saturated heterocycles. The summed E-state index contributed by atoms with van der Waals surface area (Å²) in [4.78, 5) is 7.91. The van der Waals surface area contributed by atoms with Crippen LogP contribution in [-0.2, 0) is 17.1 Å². The van der Waals surface area contributed by atoms with Gasteiger partial charge in [0, 0.05) is 55.0 Å². The largest absolute Gasteiger partial charge is 0.329 e. The molecule has 2 heterocycles. The predicted octanol–water partition coefficient (Wildman–Crippen LogP) is 3.14. The minimum atomic E-state index is -4.49. The third-order valence-electron chi connectivity index (χ3n) is 4.37. The standard InChI is InChI=1S/C21H23N7O2S/c1-13-5-6-15(11-19(13)31(22,29)30)24-21-23-10-9-20(25-21)27(3)16-7-8-17-14(2)28(4)26-18(17)12-16/h5-12H,1-4H3,(H2,22,29,30)(H,23,24,25)/i1D3,2D3,3D3,9D,10D. The lowest BCUT2D eigenvalue weighted by Gasteiger charge is -2.19. The molecule has 0 bridgehead atoms. The molecule has 2 aromatic heterocycles. The highest BCUT2D eigenvalue weighted by Gasteiger charge is 2.14. The molecule has 4 rings (SSSR count). The van der Waals surface area contributed by atoms with Crippen LogP contribution in [0.4, 0.5) is 23.1 Å². The normalized spacial score (nSPS) is 18.1. The van der Waals surface area contributed by atoms with Crippen molar-refractivity contribution in [3.8, 4) is 0 Å². The van der Waals surface area contributed by atoms with Crippen LogP contribution < -0.4 is 15.4 Å². The number of anilines is 4. The van der Waals surface area contributed by atoms with Crippen LogP contribution >= 0.6 is 0 Å². The fourth-order valence-electron chi connectivity index (χ4n) is 2.86. The second-order valence-electron chi connectivity index (χ2n) is 6.50. The molecule has 0 saturated carbocycles. The quantitative estimate of drug-likeness (QED) is 0.481. The summed E-state index contributed by atoms with van der Waals surface area (Å²) in [5, 5.41) is 12.3. The molecule has 0 amide bonds. The van der Waals surface area contributed by atoms with E-state index >= 15 is 0 Å². The summed E-state index contributed by atoms with van der Waals surface area (Å²) >= 11 is 0. The van der Waals surface area contributed by atoms with Crippen molar-refractivity contribution in [3.63, 3.8) is 0 Å². The number of benzene rings is 2. The van der Waals surface area contributed by atoms with Crippen LogP contribution in [0.15, 0.2) is 53.5 Å². The SMILES string of the molecule is [2H]c1nc(Nc2ccc(C([2H])([2H])[2H])c(S(N)(=O)=O)c2)nc(N(c2ccc3c(C([2H])([2H])[2H])n(C)nc3c2)C([2H])([2H])[2H])c1[2H]. The Hall–Kier alpha value is -3.50. The molecule has 0 atom stereocenters. The van der Waals surface area contributed by atoms with Gasteiger partial charge in [0.1, 0.15) is 5.82 Å². The van der Waals surface area contributed by atoms with Crippen molar-refractivity contribution in [3.05, 3.63) is 59.9 Å². The molecule has 0 aliphatic heterocycles. The second kappa shape index (κ2) is 7.64. The molecular formula is C21H23N7O2S. The van der Waals surface area contributed by atoms with E-state index in [0.29, 0.717) is 4.90 Å². The number of aromatic nitrogens is 4. The summed E-state index contributed by atoms with van der Waals surface area (Å²) in [7, 11) is -3.05. The van der Waals surface area contributed by atoms with E-state index in [-0.39, 0.29) is 28.0 Å². The van der Waals surface area contributed by atoms with Gasteiger partial charge in [-0.3, -0.25) is 4.68 Å². The molecule has 9 nitrogen and oxygen atoms in total. The lowest BCUT2D eigenvalue weighted by molar-refractivity contribution is 0.597.